The second-order valence-corrected chi connectivity index (χ2v) is 1.88. The van der Waals surface area contributed by atoms with Gasteiger partial charge in [0.25, 0.3) is 0 Å². The van der Waals surface area contributed by atoms with Gasteiger partial charge in [-0.25, -0.2) is 0 Å². The Hall–Kier alpha value is -0.820. The lowest BCUT2D eigenvalue weighted by Gasteiger charge is -1.69. The van der Waals surface area contributed by atoms with Crippen LogP contribution in [-0.4, -0.2) is 11.7 Å². The average molecular weight is 138 g/mol. The van der Waals surface area contributed by atoms with Gasteiger partial charge in [0.1, 0.15) is 0 Å². The summed E-state index contributed by atoms with van der Waals surface area (Å²) in [6.45, 7) is 2.25. The Balaban J connectivity index is 0.000000180. The third-order valence-corrected chi connectivity index (χ3v) is 0.890. The van der Waals surface area contributed by atoms with Crippen molar-refractivity contribution in [3.8, 4) is 0 Å². The maximum atomic E-state index is 7.88. The first kappa shape index (κ1) is 9.18. The highest BCUT2D eigenvalue weighted by atomic mass is 16.2. The van der Waals surface area contributed by atoms with Gasteiger partial charge in [-0.1, -0.05) is 43.3 Å². The average Bonchev–Trinajstić information content (AvgIpc) is 2.08. The molecule has 0 heterocycles. The van der Waals surface area contributed by atoms with Crippen LogP contribution in [0.5, 0.6) is 0 Å². The number of aliphatic hydroxyl groups excluding tert-OH is 1. The molecule has 0 bridgehead atoms. The van der Waals surface area contributed by atoms with Crippen molar-refractivity contribution < 1.29 is 5.11 Å². The molecule has 1 heteroatoms. The molecule has 0 aromatic heterocycles. The van der Waals surface area contributed by atoms with Crippen molar-refractivity contribution in [1.29, 1.82) is 0 Å². The Bertz CT molecular complexity index is 96.7. The van der Waals surface area contributed by atoms with E-state index in [4.69, 9.17) is 5.11 Å². The molecule has 10 heavy (non-hydrogen) atoms. The zero-order chi connectivity index (χ0) is 7.66. The van der Waals surface area contributed by atoms with Gasteiger partial charge in [-0.2, -0.15) is 0 Å². The third-order valence-electron chi connectivity index (χ3n) is 0.890. The van der Waals surface area contributed by atoms with Gasteiger partial charge in [-0.05, 0) is 6.42 Å². The van der Waals surface area contributed by atoms with Crippen LogP contribution in [0.1, 0.15) is 13.3 Å². The first-order valence-electron chi connectivity index (χ1n) is 3.52. The van der Waals surface area contributed by atoms with E-state index >= 15 is 0 Å². The standard InChI is InChI=1S/C6H6.C3H8O/c1-2-4-6-5-3-1;1-2-3-4/h1-6H;4H,2-3H2,1H3. The highest BCUT2D eigenvalue weighted by Gasteiger charge is 1.58. The molecule has 0 radical (unpaired) electrons. The Morgan fingerprint density at radius 3 is 1.20 bits per heavy atom. The molecular weight excluding hydrogens is 124 g/mol. The summed E-state index contributed by atoms with van der Waals surface area (Å²) in [4.78, 5) is 0. The van der Waals surface area contributed by atoms with Gasteiger partial charge in [-0.15, -0.1) is 0 Å². The third kappa shape index (κ3) is 7.18. The van der Waals surface area contributed by atoms with E-state index in [9.17, 15) is 0 Å². The molecule has 0 aliphatic rings. The summed E-state index contributed by atoms with van der Waals surface area (Å²) < 4.78 is 0. The van der Waals surface area contributed by atoms with Crippen molar-refractivity contribution in [3.63, 3.8) is 0 Å². The highest BCUT2D eigenvalue weighted by molar-refractivity contribution is 4.99. The van der Waals surface area contributed by atoms with Gasteiger partial charge in [0.2, 0.25) is 0 Å². The lowest BCUT2D eigenvalue weighted by atomic mass is 10.4. The fraction of sp³-hybridized carbons (Fsp3) is 0.333. The van der Waals surface area contributed by atoms with Crippen LogP contribution < -0.4 is 0 Å². The van der Waals surface area contributed by atoms with Crippen LogP contribution >= 0.6 is 0 Å². The van der Waals surface area contributed by atoms with E-state index in [0.29, 0.717) is 6.61 Å². The van der Waals surface area contributed by atoms with Crippen LogP contribution in [0.2, 0.25) is 0 Å². The molecule has 0 saturated carbocycles. The Morgan fingerprint density at radius 1 is 0.900 bits per heavy atom. The molecule has 1 nitrogen and oxygen atoms in total. The first-order chi connectivity index (χ1) is 4.91. The van der Waals surface area contributed by atoms with Crippen molar-refractivity contribution in [3.05, 3.63) is 36.4 Å². The van der Waals surface area contributed by atoms with Crippen molar-refractivity contribution >= 4 is 0 Å². The SMILES string of the molecule is CCCO.c1ccccc1. The van der Waals surface area contributed by atoms with E-state index in [-0.39, 0.29) is 0 Å². The second kappa shape index (κ2) is 8.18. The summed E-state index contributed by atoms with van der Waals surface area (Å²) in [6.07, 6.45) is 0.875. The molecule has 0 spiro atoms. The topological polar surface area (TPSA) is 20.2 Å². The summed E-state index contributed by atoms with van der Waals surface area (Å²) in [6, 6.07) is 12.0. The van der Waals surface area contributed by atoms with E-state index in [1.165, 1.54) is 0 Å². The molecule has 0 aliphatic heterocycles. The van der Waals surface area contributed by atoms with E-state index in [2.05, 4.69) is 0 Å². The van der Waals surface area contributed by atoms with Crippen LogP contribution in [0.4, 0.5) is 0 Å². The summed E-state index contributed by atoms with van der Waals surface area (Å²) in [5.74, 6) is 0. The van der Waals surface area contributed by atoms with Gasteiger partial charge < -0.3 is 5.11 Å². The number of aliphatic hydroxyl groups is 1. The van der Waals surface area contributed by atoms with E-state index in [1.54, 1.807) is 0 Å². The molecule has 0 fully saturated rings. The predicted octanol–water partition coefficient (Wildman–Crippen LogP) is 2.08. The monoisotopic (exact) mass is 138 g/mol. The van der Waals surface area contributed by atoms with E-state index < -0.39 is 0 Å². The zero-order valence-corrected chi connectivity index (χ0v) is 6.33. The number of rotatable bonds is 1. The smallest absolute Gasteiger partial charge is 0.0428 e. The molecule has 1 aromatic carbocycles. The molecule has 1 aromatic rings. The van der Waals surface area contributed by atoms with Gasteiger partial charge in [0.15, 0.2) is 0 Å². The maximum Gasteiger partial charge on any atom is 0.0428 e. The molecule has 0 unspecified atom stereocenters. The first-order valence-corrected chi connectivity index (χ1v) is 3.52. The van der Waals surface area contributed by atoms with Crippen molar-refractivity contribution in [2.75, 3.05) is 6.61 Å². The lowest BCUT2D eigenvalue weighted by Crippen LogP contribution is -1.69. The molecule has 1 rings (SSSR count). The van der Waals surface area contributed by atoms with Crippen LogP contribution in [0, 0.1) is 0 Å². The van der Waals surface area contributed by atoms with Crippen LogP contribution in [0.3, 0.4) is 0 Å². The van der Waals surface area contributed by atoms with Crippen LogP contribution in [0.15, 0.2) is 36.4 Å². The van der Waals surface area contributed by atoms with Crippen molar-refractivity contribution in [1.82, 2.24) is 0 Å². The van der Waals surface area contributed by atoms with Gasteiger partial charge in [0, 0.05) is 6.61 Å². The second-order valence-electron chi connectivity index (χ2n) is 1.88. The largest absolute Gasteiger partial charge is 0.396 e. The number of hydrogen-bond acceptors (Lipinski definition) is 1. The summed E-state index contributed by atoms with van der Waals surface area (Å²) in [5, 5.41) is 7.88. The zero-order valence-electron chi connectivity index (χ0n) is 6.33. The summed E-state index contributed by atoms with van der Waals surface area (Å²) >= 11 is 0. The molecule has 0 saturated heterocycles. The number of benzene rings is 1. The van der Waals surface area contributed by atoms with Crippen molar-refractivity contribution in [2.24, 2.45) is 0 Å². The van der Waals surface area contributed by atoms with Crippen LogP contribution in [0.25, 0.3) is 0 Å². The Morgan fingerprint density at radius 2 is 1.10 bits per heavy atom. The van der Waals surface area contributed by atoms with Gasteiger partial charge >= 0.3 is 0 Å². The van der Waals surface area contributed by atoms with E-state index in [1.807, 2.05) is 43.3 Å². The van der Waals surface area contributed by atoms with E-state index in [0.717, 1.165) is 6.42 Å². The lowest BCUT2D eigenvalue weighted by molar-refractivity contribution is 0.295. The predicted molar refractivity (Wildman–Crippen MR) is 43.8 cm³/mol. The number of hydrogen-bond donors (Lipinski definition) is 1. The van der Waals surface area contributed by atoms with Gasteiger partial charge in [0.05, 0.1) is 0 Å². The minimum absolute atomic E-state index is 0.319. The molecular formula is C9H14O. The van der Waals surface area contributed by atoms with Gasteiger partial charge in [-0.3, -0.25) is 0 Å². The molecule has 56 valence electrons. The molecule has 0 aliphatic carbocycles. The Kier molecular flexibility index (Phi) is 7.51. The molecule has 0 amide bonds. The fourth-order valence-electron chi connectivity index (χ4n) is 0.385. The minimum Gasteiger partial charge on any atom is -0.396 e. The fourth-order valence-corrected chi connectivity index (χ4v) is 0.385. The minimum atomic E-state index is 0.319. The Labute approximate surface area is 62.3 Å². The molecule has 0 atom stereocenters. The normalized spacial score (nSPS) is 7.80. The summed E-state index contributed by atoms with van der Waals surface area (Å²) in [7, 11) is 0. The summed E-state index contributed by atoms with van der Waals surface area (Å²) in [5.41, 5.74) is 0. The molecule has 1 N–H and O–H groups in total. The highest BCUT2D eigenvalue weighted by Crippen LogP contribution is 1.79. The maximum absolute atomic E-state index is 7.88. The quantitative estimate of drug-likeness (QED) is 0.630. The van der Waals surface area contributed by atoms with Crippen molar-refractivity contribution in [2.45, 2.75) is 13.3 Å². The van der Waals surface area contributed by atoms with Crippen LogP contribution in [-0.2, 0) is 0 Å².